The van der Waals surface area contributed by atoms with Crippen molar-refractivity contribution in [2.24, 2.45) is 0 Å². The summed E-state index contributed by atoms with van der Waals surface area (Å²) in [5.74, 6) is 0. The molecule has 0 aliphatic carbocycles. The Hall–Kier alpha value is -2.58. The van der Waals surface area contributed by atoms with Crippen LogP contribution >= 0.6 is 11.6 Å². The Bertz CT molecular complexity index is 710. The number of non-ortho nitro benzene ring substituents is 1. The van der Waals surface area contributed by atoms with Crippen LogP contribution < -0.4 is 4.90 Å². The molecule has 0 saturated carbocycles. The maximum atomic E-state index is 10.7. The number of halogens is 1. The van der Waals surface area contributed by atoms with E-state index < -0.39 is 4.92 Å². The smallest absolute Gasteiger partial charge is 0.271 e. The summed E-state index contributed by atoms with van der Waals surface area (Å²) in [6, 6.07) is 13.4. The summed E-state index contributed by atoms with van der Waals surface area (Å²) in [6.45, 7) is 0. The molecule has 2 aromatic rings. The van der Waals surface area contributed by atoms with Crippen LogP contribution in [0.1, 0.15) is 5.56 Å². The molecule has 2 aromatic carbocycles. The summed E-state index contributed by atoms with van der Waals surface area (Å²) in [6.07, 6.45) is 0. The van der Waals surface area contributed by atoms with Gasteiger partial charge >= 0.3 is 0 Å². The molecular weight excluding hydrogens is 278 g/mol. The van der Waals surface area contributed by atoms with Crippen LogP contribution in [0, 0.1) is 21.4 Å². The van der Waals surface area contributed by atoms with Gasteiger partial charge in [-0.15, -0.1) is 0 Å². The van der Waals surface area contributed by atoms with Crippen LogP contribution in [0.15, 0.2) is 42.5 Å². The predicted octanol–water partition coefficient (Wildman–Crippen LogP) is 3.89. The molecule has 6 heteroatoms. The van der Waals surface area contributed by atoms with E-state index in [0.29, 0.717) is 16.9 Å². The van der Waals surface area contributed by atoms with Gasteiger partial charge in [-0.1, -0.05) is 23.7 Å². The molecule has 100 valence electrons. The molecule has 0 radical (unpaired) electrons. The number of nitriles is 1. The van der Waals surface area contributed by atoms with Gasteiger partial charge in [0, 0.05) is 19.2 Å². The third-order valence-corrected chi connectivity index (χ3v) is 3.19. The van der Waals surface area contributed by atoms with Crippen LogP contribution in [0.25, 0.3) is 0 Å². The Kier molecular flexibility index (Phi) is 3.87. The summed E-state index contributed by atoms with van der Waals surface area (Å²) in [4.78, 5) is 11.9. The summed E-state index contributed by atoms with van der Waals surface area (Å²) < 4.78 is 0. The molecule has 0 amide bonds. The van der Waals surface area contributed by atoms with E-state index in [4.69, 9.17) is 16.9 Å². The molecule has 0 heterocycles. The third-order valence-electron chi connectivity index (χ3n) is 2.89. The van der Waals surface area contributed by atoms with Crippen LogP contribution in [0.2, 0.25) is 5.02 Å². The van der Waals surface area contributed by atoms with E-state index in [2.05, 4.69) is 6.07 Å². The Labute approximate surface area is 120 Å². The standard InChI is InChI=1S/C14H10ClN3O2/c1-17(13-5-3-2-4-10(13)9-16)14-7-6-11(18(19)20)8-12(14)15/h2-8H,1H3. The number of nitro groups is 1. The Balaban J connectivity index is 2.46. The van der Waals surface area contributed by atoms with E-state index >= 15 is 0 Å². The van der Waals surface area contributed by atoms with Gasteiger partial charge in [-0.2, -0.15) is 5.26 Å². The maximum absolute atomic E-state index is 10.7. The lowest BCUT2D eigenvalue weighted by molar-refractivity contribution is -0.384. The summed E-state index contributed by atoms with van der Waals surface area (Å²) in [5.41, 5.74) is 1.72. The molecule has 0 unspecified atom stereocenters. The molecule has 0 bridgehead atoms. The second-order valence-corrected chi connectivity index (χ2v) is 4.49. The minimum atomic E-state index is -0.501. The fourth-order valence-corrected chi connectivity index (χ4v) is 2.17. The van der Waals surface area contributed by atoms with Gasteiger partial charge in [-0.3, -0.25) is 10.1 Å². The van der Waals surface area contributed by atoms with Gasteiger partial charge in [0.05, 0.1) is 26.9 Å². The number of rotatable bonds is 3. The first-order valence-corrected chi connectivity index (χ1v) is 6.09. The molecule has 20 heavy (non-hydrogen) atoms. The number of hydrogen-bond acceptors (Lipinski definition) is 4. The van der Waals surface area contributed by atoms with Crippen LogP contribution in [-0.2, 0) is 0 Å². The highest BCUT2D eigenvalue weighted by Crippen LogP contribution is 2.34. The largest absolute Gasteiger partial charge is 0.342 e. The van der Waals surface area contributed by atoms with E-state index in [1.165, 1.54) is 12.1 Å². The van der Waals surface area contributed by atoms with Crippen molar-refractivity contribution in [3.05, 3.63) is 63.2 Å². The van der Waals surface area contributed by atoms with E-state index in [1.807, 2.05) is 6.07 Å². The van der Waals surface area contributed by atoms with E-state index in [1.54, 1.807) is 36.2 Å². The average Bonchev–Trinajstić information content (AvgIpc) is 2.46. The lowest BCUT2D eigenvalue weighted by atomic mass is 10.1. The molecule has 0 aliphatic heterocycles. The first-order chi connectivity index (χ1) is 9.54. The molecule has 0 fully saturated rings. The van der Waals surface area contributed by atoms with Crippen LogP contribution in [0.5, 0.6) is 0 Å². The SMILES string of the molecule is CN(c1ccc([N+](=O)[O-])cc1Cl)c1ccccc1C#N. The molecule has 2 rings (SSSR count). The van der Waals surface area contributed by atoms with Crippen molar-refractivity contribution in [2.75, 3.05) is 11.9 Å². The van der Waals surface area contributed by atoms with Gasteiger partial charge in [0.25, 0.3) is 5.69 Å². The van der Waals surface area contributed by atoms with Crippen molar-refractivity contribution in [1.29, 1.82) is 5.26 Å². The van der Waals surface area contributed by atoms with E-state index in [-0.39, 0.29) is 10.7 Å². The van der Waals surface area contributed by atoms with Crippen molar-refractivity contribution >= 4 is 28.7 Å². The number of anilines is 2. The zero-order chi connectivity index (χ0) is 14.7. The van der Waals surface area contributed by atoms with Crippen LogP contribution in [0.4, 0.5) is 17.1 Å². The van der Waals surface area contributed by atoms with E-state index in [9.17, 15) is 10.1 Å². The zero-order valence-corrected chi connectivity index (χ0v) is 11.3. The lowest BCUT2D eigenvalue weighted by Crippen LogP contribution is -2.11. The maximum Gasteiger partial charge on any atom is 0.271 e. The van der Waals surface area contributed by atoms with Gasteiger partial charge in [-0.05, 0) is 18.2 Å². The van der Waals surface area contributed by atoms with Crippen molar-refractivity contribution in [3.8, 4) is 6.07 Å². The zero-order valence-electron chi connectivity index (χ0n) is 10.6. The predicted molar refractivity (Wildman–Crippen MR) is 77.3 cm³/mol. The molecule has 5 nitrogen and oxygen atoms in total. The molecule has 0 spiro atoms. The number of benzene rings is 2. The van der Waals surface area contributed by atoms with Gasteiger partial charge in [0.1, 0.15) is 6.07 Å². The highest BCUT2D eigenvalue weighted by atomic mass is 35.5. The minimum Gasteiger partial charge on any atom is -0.342 e. The molecule has 0 aromatic heterocycles. The van der Waals surface area contributed by atoms with Crippen molar-refractivity contribution < 1.29 is 4.92 Å². The summed E-state index contributed by atoms with van der Waals surface area (Å²) in [7, 11) is 1.75. The van der Waals surface area contributed by atoms with Crippen molar-refractivity contribution in [3.63, 3.8) is 0 Å². The Morgan fingerprint density at radius 1 is 1.25 bits per heavy atom. The fraction of sp³-hybridized carbons (Fsp3) is 0.0714. The number of para-hydroxylation sites is 1. The Morgan fingerprint density at radius 2 is 1.95 bits per heavy atom. The average molecular weight is 288 g/mol. The number of hydrogen-bond donors (Lipinski definition) is 0. The first kappa shape index (κ1) is 13.8. The minimum absolute atomic E-state index is 0.0688. The fourth-order valence-electron chi connectivity index (χ4n) is 1.87. The highest BCUT2D eigenvalue weighted by molar-refractivity contribution is 6.33. The van der Waals surface area contributed by atoms with Gasteiger partial charge in [0.15, 0.2) is 0 Å². The van der Waals surface area contributed by atoms with Crippen molar-refractivity contribution in [1.82, 2.24) is 0 Å². The van der Waals surface area contributed by atoms with Crippen molar-refractivity contribution in [2.45, 2.75) is 0 Å². The second-order valence-electron chi connectivity index (χ2n) is 4.08. The quantitative estimate of drug-likeness (QED) is 0.634. The Morgan fingerprint density at radius 3 is 2.55 bits per heavy atom. The topological polar surface area (TPSA) is 70.2 Å². The molecular formula is C14H10ClN3O2. The third kappa shape index (κ3) is 2.56. The highest BCUT2D eigenvalue weighted by Gasteiger charge is 2.15. The van der Waals surface area contributed by atoms with Crippen LogP contribution in [0.3, 0.4) is 0 Å². The van der Waals surface area contributed by atoms with Crippen LogP contribution in [-0.4, -0.2) is 12.0 Å². The second kappa shape index (κ2) is 5.59. The molecule has 0 N–H and O–H groups in total. The summed E-state index contributed by atoms with van der Waals surface area (Å²) in [5, 5.41) is 20.1. The van der Waals surface area contributed by atoms with Gasteiger partial charge < -0.3 is 4.90 Å². The molecule has 0 atom stereocenters. The number of nitro benzene ring substituents is 1. The summed E-state index contributed by atoms with van der Waals surface area (Å²) >= 11 is 6.08. The lowest BCUT2D eigenvalue weighted by Gasteiger charge is -2.21. The molecule has 0 saturated heterocycles. The first-order valence-electron chi connectivity index (χ1n) is 5.71. The van der Waals surface area contributed by atoms with Gasteiger partial charge in [0.2, 0.25) is 0 Å². The monoisotopic (exact) mass is 287 g/mol. The molecule has 0 aliphatic rings. The van der Waals surface area contributed by atoms with Gasteiger partial charge in [-0.25, -0.2) is 0 Å². The number of nitrogens with zero attached hydrogens (tertiary/aromatic N) is 3. The normalized spacial score (nSPS) is 9.85. The van der Waals surface area contributed by atoms with E-state index in [0.717, 1.165) is 0 Å².